The van der Waals surface area contributed by atoms with Crippen LogP contribution in [0.1, 0.15) is 11.1 Å². The molecule has 0 unspecified atom stereocenters. The first-order chi connectivity index (χ1) is 9.81. The van der Waals surface area contributed by atoms with Crippen LogP contribution in [0.25, 0.3) is 11.5 Å². The van der Waals surface area contributed by atoms with Crippen molar-refractivity contribution in [2.75, 3.05) is 5.32 Å². The Labute approximate surface area is 117 Å². The number of nitrogens with one attached hydrogen (secondary N) is 1. The Bertz CT molecular complexity index is 692. The summed E-state index contributed by atoms with van der Waals surface area (Å²) in [5, 5.41) is 7.10. The fourth-order valence-corrected chi connectivity index (χ4v) is 2.00. The number of nitrogens with zero attached hydrogens (tertiary/aromatic N) is 2. The molecule has 4 heteroatoms. The average molecular weight is 265 g/mol. The molecule has 0 saturated carbocycles. The quantitative estimate of drug-likeness (QED) is 0.782. The summed E-state index contributed by atoms with van der Waals surface area (Å²) < 4.78 is 5.24. The Kier molecular flexibility index (Phi) is 3.46. The largest absolute Gasteiger partial charge is 0.347 e. The Hall–Kier alpha value is -2.62. The third kappa shape index (κ3) is 2.85. The molecule has 0 aliphatic carbocycles. The molecule has 0 aliphatic heterocycles. The lowest BCUT2D eigenvalue weighted by Crippen LogP contribution is -2.00. The van der Waals surface area contributed by atoms with Gasteiger partial charge in [-0.1, -0.05) is 48.0 Å². The van der Waals surface area contributed by atoms with Crippen LogP contribution < -0.4 is 5.32 Å². The molecule has 2 aromatic carbocycles. The lowest BCUT2D eigenvalue weighted by molar-refractivity contribution is 0.432. The first kappa shape index (κ1) is 12.4. The van der Waals surface area contributed by atoms with Gasteiger partial charge in [-0.05, 0) is 29.8 Å². The zero-order valence-electron chi connectivity index (χ0n) is 11.2. The molecule has 1 N–H and O–H groups in total. The third-order valence-electron chi connectivity index (χ3n) is 2.98. The van der Waals surface area contributed by atoms with E-state index in [1.54, 1.807) is 0 Å². The second kappa shape index (κ2) is 5.57. The minimum Gasteiger partial charge on any atom is -0.347 e. The highest BCUT2D eigenvalue weighted by Gasteiger charge is 2.07. The predicted molar refractivity (Wildman–Crippen MR) is 78.2 cm³/mol. The molecule has 100 valence electrons. The molecule has 0 spiro atoms. The summed E-state index contributed by atoms with van der Waals surface area (Å²) in [6.45, 7) is 2.75. The van der Waals surface area contributed by atoms with E-state index in [9.17, 15) is 0 Å². The first-order valence-electron chi connectivity index (χ1n) is 6.50. The van der Waals surface area contributed by atoms with Gasteiger partial charge in [0.15, 0.2) is 0 Å². The van der Waals surface area contributed by atoms with E-state index in [-0.39, 0.29) is 0 Å². The van der Waals surface area contributed by atoms with Gasteiger partial charge in [0.05, 0.1) is 0 Å². The number of aromatic nitrogens is 2. The zero-order chi connectivity index (χ0) is 13.8. The number of benzene rings is 2. The Balaban J connectivity index is 1.69. The molecule has 0 saturated heterocycles. The van der Waals surface area contributed by atoms with Crippen molar-refractivity contribution in [3.05, 3.63) is 65.7 Å². The summed E-state index contributed by atoms with van der Waals surface area (Å²) in [4.78, 5) is 4.33. The molecule has 0 fully saturated rings. The van der Waals surface area contributed by atoms with Crippen molar-refractivity contribution < 1.29 is 4.52 Å². The van der Waals surface area contributed by atoms with Gasteiger partial charge in [0.1, 0.15) is 0 Å². The Morgan fingerprint density at radius 2 is 1.90 bits per heavy atom. The van der Waals surface area contributed by atoms with E-state index in [1.165, 1.54) is 11.1 Å². The van der Waals surface area contributed by atoms with E-state index in [0.717, 1.165) is 5.56 Å². The fourth-order valence-electron chi connectivity index (χ4n) is 2.00. The van der Waals surface area contributed by atoms with Gasteiger partial charge in [-0.3, -0.25) is 0 Å². The summed E-state index contributed by atoms with van der Waals surface area (Å²) in [5.41, 5.74) is 3.35. The Morgan fingerprint density at radius 3 is 2.70 bits per heavy atom. The van der Waals surface area contributed by atoms with Gasteiger partial charge in [0.2, 0.25) is 0 Å². The van der Waals surface area contributed by atoms with Crippen molar-refractivity contribution in [3.63, 3.8) is 0 Å². The predicted octanol–water partition coefficient (Wildman–Crippen LogP) is 3.66. The smallest absolute Gasteiger partial charge is 0.264 e. The third-order valence-corrected chi connectivity index (χ3v) is 2.98. The SMILES string of the molecule is Cc1cccc(CNc2noc(-c3ccccc3)n2)c1. The molecule has 3 rings (SSSR count). The molecule has 4 nitrogen and oxygen atoms in total. The maximum absolute atomic E-state index is 5.24. The van der Waals surface area contributed by atoms with Gasteiger partial charge in [0.25, 0.3) is 11.8 Å². The van der Waals surface area contributed by atoms with E-state index >= 15 is 0 Å². The first-order valence-corrected chi connectivity index (χ1v) is 6.50. The highest BCUT2D eigenvalue weighted by Crippen LogP contribution is 2.18. The average Bonchev–Trinajstić information content (AvgIpc) is 2.95. The maximum Gasteiger partial charge on any atom is 0.264 e. The van der Waals surface area contributed by atoms with Gasteiger partial charge >= 0.3 is 0 Å². The van der Waals surface area contributed by atoms with E-state index < -0.39 is 0 Å². The van der Waals surface area contributed by atoms with Crippen LogP contribution >= 0.6 is 0 Å². The summed E-state index contributed by atoms with van der Waals surface area (Å²) in [6.07, 6.45) is 0. The van der Waals surface area contributed by atoms with Crippen molar-refractivity contribution in [1.29, 1.82) is 0 Å². The van der Waals surface area contributed by atoms with E-state index in [4.69, 9.17) is 4.52 Å². The van der Waals surface area contributed by atoms with E-state index in [0.29, 0.717) is 18.4 Å². The van der Waals surface area contributed by atoms with Crippen LogP contribution in [0.2, 0.25) is 0 Å². The van der Waals surface area contributed by atoms with Crippen LogP contribution in [0.15, 0.2) is 59.1 Å². The molecule has 0 aliphatic rings. The van der Waals surface area contributed by atoms with Gasteiger partial charge < -0.3 is 9.84 Å². The van der Waals surface area contributed by atoms with Crippen LogP contribution in [0.5, 0.6) is 0 Å². The highest BCUT2D eigenvalue weighted by atomic mass is 16.5. The number of aryl methyl sites for hydroxylation is 1. The van der Waals surface area contributed by atoms with Crippen molar-refractivity contribution in [2.24, 2.45) is 0 Å². The van der Waals surface area contributed by atoms with Crippen LogP contribution in [-0.2, 0) is 6.54 Å². The number of hydrogen-bond donors (Lipinski definition) is 1. The molecule has 1 aromatic heterocycles. The van der Waals surface area contributed by atoms with Gasteiger partial charge in [-0.25, -0.2) is 0 Å². The normalized spacial score (nSPS) is 10.4. The molecule has 0 radical (unpaired) electrons. The molecule has 0 amide bonds. The minimum atomic E-state index is 0.505. The Morgan fingerprint density at radius 1 is 1.05 bits per heavy atom. The number of rotatable bonds is 4. The molecule has 0 bridgehead atoms. The summed E-state index contributed by atoms with van der Waals surface area (Å²) in [6, 6.07) is 18.0. The van der Waals surface area contributed by atoms with Crippen LogP contribution in [0, 0.1) is 6.92 Å². The van der Waals surface area contributed by atoms with E-state index in [2.05, 4.69) is 40.6 Å². The molecular formula is C16H15N3O. The second-order valence-electron chi connectivity index (χ2n) is 4.63. The molecular weight excluding hydrogens is 250 g/mol. The fraction of sp³-hybridized carbons (Fsp3) is 0.125. The van der Waals surface area contributed by atoms with Crippen molar-refractivity contribution in [3.8, 4) is 11.5 Å². The summed E-state index contributed by atoms with van der Waals surface area (Å²) in [5.74, 6) is 1.03. The molecule has 3 aromatic rings. The van der Waals surface area contributed by atoms with Gasteiger partial charge in [0, 0.05) is 12.1 Å². The van der Waals surface area contributed by atoms with Crippen LogP contribution in [0.3, 0.4) is 0 Å². The topological polar surface area (TPSA) is 51.0 Å². The molecule has 0 atom stereocenters. The van der Waals surface area contributed by atoms with Gasteiger partial charge in [-0.15, -0.1) is 0 Å². The highest BCUT2D eigenvalue weighted by molar-refractivity contribution is 5.53. The van der Waals surface area contributed by atoms with Crippen molar-refractivity contribution >= 4 is 5.95 Å². The lowest BCUT2D eigenvalue weighted by atomic mass is 10.1. The summed E-state index contributed by atoms with van der Waals surface area (Å²) >= 11 is 0. The van der Waals surface area contributed by atoms with Gasteiger partial charge in [-0.2, -0.15) is 4.98 Å². The minimum absolute atomic E-state index is 0.505. The standard InChI is InChI=1S/C16H15N3O/c1-12-6-5-7-13(10-12)11-17-16-18-15(20-19-16)14-8-3-2-4-9-14/h2-10H,11H2,1H3,(H,17,19). The van der Waals surface area contributed by atoms with E-state index in [1.807, 2.05) is 36.4 Å². The van der Waals surface area contributed by atoms with Crippen molar-refractivity contribution in [1.82, 2.24) is 10.1 Å². The molecule has 20 heavy (non-hydrogen) atoms. The van der Waals surface area contributed by atoms with Crippen LogP contribution in [0.4, 0.5) is 5.95 Å². The van der Waals surface area contributed by atoms with Crippen molar-refractivity contribution in [2.45, 2.75) is 13.5 Å². The molecule has 1 heterocycles. The van der Waals surface area contributed by atoms with Crippen LogP contribution in [-0.4, -0.2) is 10.1 Å². The number of hydrogen-bond acceptors (Lipinski definition) is 4. The maximum atomic E-state index is 5.24. The second-order valence-corrected chi connectivity index (χ2v) is 4.63. The summed E-state index contributed by atoms with van der Waals surface area (Å²) in [7, 11) is 0. The monoisotopic (exact) mass is 265 g/mol. The number of anilines is 1. The zero-order valence-corrected chi connectivity index (χ0v) is 11.2. The lowest BCUT2D eigenvalue weighted by Gasteiger charge is -2.02.